The summed E-state index contributed by atoms with van der Waals surface area (Å²) in [5.41, 5.74) is 3.51. The van der Waals surface area contributed by atoms with Crippen molar-refractivity contribution in [2.45, 2.75) is 5.72 Å². The lowest BCUT2D eigenvalue weighted by molar-refractivity contribution is -0.129. The molecule has 0 heterocycles. The molecule has 1 atom stereocenters. The molecular weight excluding hydrogens is 234 g/mol. The first kappa shape index (κ1) is 13.7. The minimum absolute atomic E-state index is 0.116. The Hall–Kier alpha value is -2.34. The maximum Gasteiger partial charge on any atom is 0.207 e. The van der Waals surface area contributed by atoms with Crippen molar-refractivity contribution >= 4 is 17.8 Å². The maximum absolute atomic E-state index is 11.6. The van der Waals surface area contributed by atoms with Crippen LogP contribution in [0, 0.1) is 12.3 Å². The van der Waals surface area contributed by atoms with E-state index in [2.05, 4.69) is 6.92 Å². The number of hydrogen-bond acceptors (Lipinski definition) is 4. The van der Waals surface area contributed by atoms with Gasteiger partial charge in [-0.05, 0) is 23.8 Å². The van der Waals surface area contributed by atoms with Gasteiger partial charge in [-0.2, -0.15) is 0 Å². The fourth-order valence-electron chi connectivity index (χ4n) is 1.18. The average molecular weight is 248 g/mol. The molecule has 0 aliphatic heterocycles. The number of phenols is 1. The predicted molar refractivity (Wildman–Crippen MR) is 67.5 cm³/mol. The van der Waals surface area contributed by atoms with Crippen molar-refractivity contribution in [1.29, 1.82) is 5.41 Å². The van der Waals surface area contributed by atoms with E-state index in [9.17, 15) is 9.90 Å². The highest BCUT2D eigenvalue weighted by atomic mass is 16.3. The molecule has 1 unspecified atom stereocenters. The summed E-state index contributed by atoms with van der Waals surface area (Å²) in [6.07, 6.45) is 2.55. The Balaban J connectivity index is 2.75. The Morgan fingerprint density at radius 2 is 2.00 bits per heavy atom. The van der Waals surface area contributed by atoms with Gasteiger partial charge in [-0.25, -0.2) is 0 Å². The van der Waals surface area contributed by atoms with Crippen LogP contribution in [0.5, 0.6) is 5.75 Å². The van der Waals surface area contributed by atoms with Crippen LogP contribution in [-0.4, -0.2) is 27.7 Å². The Kier molecular flexibility index (Phi) is 4.06. The molecule has 0 fully saturated rings. The smallest absolute Gasteiger partial charge is 0.207 e. The molecule has 18 heavy (non-hydrogen) atoms. The molecule has 0 bridgehead atoms. The van der Waals surface area contributed by atoms with Crippen molar-refractivity contribution in [2.24, 2.45) is 5.73 Å². The maximum atomic E-state index is 11.6. The normalized spacial score (nSPS) is 14.1. The minimum atomic E-state index is -2.17. The lowest BCUT2D eigenvalue weighted by Crippen LogP contribution is -2.53. The number of aromatic hydroxyl groups is 1. The first-order valence-electron chi connectivity index (χ1n) is 5.03. The molecule has 6 heteroatoms. The summed E-state index contributed by atoms with van der Waals surface area (Å²) >= 11 is 0. The van der Waals surface area contributed by atoms with Gasteiger partial charge in [-0.1, -0.05) is 18.2 Å². The van der Waals surface area contributed by atoms with Gasteiger partial charge in [0.15, 0.2) is 5.96 Å². The van der Waals surface area contributed by atoms with Gasteiger partial charge in [-0.15, -0.1) is 0 Å². The number of ketones is 1. The lowest BCUT2D eigenvalue weighted by Gasteiger charge is -2.21. The van der Waals surface area contributed by atoms with Gasteiger partial charge >= 0.3 is 0 Å². The van der Waals surface area contributed by atoms with Crippen LogP contribution in [0.1, 0.15) is 5.56 Å². The number of carbonyl (C=O) groups is 1. The molecule has 0 spiro atoms. The van der Waals surface area contributed by atoms with E-state index in [1.165, 1.54) is 18.2 Å². The van der Waals surface area contributed by atoms with Crippen molar-refractivity contribution in [3.63, 3.8) is 0 Å². The lowest BCUT2D eigenvalue weighted by atomic mass is 10.1. The second kappa shape index (κ2) is 5.33. The van der Waals surface area contributed by atoms with Crippen LogP contribution >= 0.6 is 0 Å². The summed E-state index contributed by atoms with van der Waals surface area (Å²) in [5, 5.41) is 27.6. The fraction of sp³-hybridized carbons (Fsp3) is 0.0833. The molecule has 6 N–H and O–H groups in total. The SMILES string of the molecule is [CH2]C(O)(NC(=N)N)C(=O)/C=C/c1ccc(O)cc1. The average Bonchev–Trinajstić information content (AvgIpc) is 2.26. The van der Waals surface area contributed by atoms with E-state index in [1.54, 1.807) is 12.1 Å². The molecule has 1 rings (SSSR count). The van der Waals surface area contributed by atoms with Crippen molar-refractivity contribution < 1.29 is 15.0 Å². The number of hydrogen-bond donors (Lipinski definition) is 5. The zero-order valence-corrected chi connectivity index (χ0v) is 9.55. The zero-order valence-electron chi connectivity index (χ0n) is 9.55. The fourth-order valence-corrected chi connectivity index (χ4v) is 1.18. The van der Waals surface area contributed by atoms with E-state index in [0.717, 1.165) is 6.08 Å². The highest BCUT2D eigenvalue weighted by molar-refractivity contribution is 6.02. The monoisotopic (exact) mass is 248 g/mol. The van der Waals surface area contributed by atoms with Crippen LogP contribution in [0.4, 0.5) is 0 Å². The summed E-state index contributed by atoms with van der Waals surface area (Å²) < 4.78 is 0. The summed E-state index contributed by atoms with van der Waals surface area (Å²) in [7, 11) is 0. The second-order valence-electron chi connectivity index (χ2n) is 3.69. The van der Waals surface area contributed by atoms with Crippen LogP contribution in [-0.2, 0) is 4.79 Å². The molecule has 0 saturated heterocycles. The molecule has 0 aliphatic carbocycles. The third kappa shape index (κ3) is 3.91. The third-order valence-corrected chi connectivity index (χ3v) is 2.07. The first-order chi connectivity index (χ1) is 8.31. The largest absolute Gasteiger partial charge is 0.508 e. The number of aliphatic hydroxyl groups is 1. The topological polar surface area (TPSA) is 119 Å². The van der Waals surface area contributed by atoms with Crippen molar-refractivity contribution in [3.8, 4) is 5.75 Å². The van der Waals surface area contributed by atoms with Gasteiger partial charge in [0, 0.05) is 6.92 Å². The standard InChI is InChI=1S/C12H14N3O3/c1-12(18,15-11(13)14)10(17)7-4-8-2-5-9(16)6-3-8/h2-7,16,18H,1H2,(H4,13,14,15)/b7-4+. The van der Waals surface area contributed by atoms with Crippen LogP contribution in [0.2, 0.25) is 0 Å². The Bertz CT molecular complexity index is 478. The summed E-state index contributed by atoms with van der Waals surface area (Å²) in [6.45, 7) is 3.22. The second-order valence-corrected chi connectivity index (χ2v) is 3.69. The molecule has 1 aromatic carbocycles. The number of nitrogens with one attached hydrogen (secondary N) is 2. The van der Waals surface area contributed by atoms with E-state index in [0.29, 0.717) is 5.56 Å². The van der Waals surface area contributed by atoms with Crippen LogP contribution in [0.15, 0.2) is 30.3 Å². The number of phenolic OH excluding ortho intramolecular Hbond substituents is 1. The molecule has 0 saturated carbocycles. The van der Waals surface area contributed by atoms with Gasteiger partial charge in [0.2, 0.25) is 11.5 Å². The Morgan fingerprint density at radius 3 is 2.50 bits per heavy atom. The highest BCUT2D eigenvalue weighted by Gasteiger charge is 2.28. The Morgan fingerprint density at radius 1 is 1.44 bits per heavy atom. The van der Waals surface area contributed by atoms with Crippen LogP contribution in [0.25, 0.3) is 6.08 Å². The van der Waals surface area contributed by atoms with E-state index < -0.39 is 17.5 Å². The molecule has 6 nitrogen and oxygen atoms in total. The molecule has 0 amide bonds. The number of guanidine groups is 1. The Labute approximate surface area is 104 Å². The number of carbonyl (C=O) groups excluding carboxylic acids is 1. The first-order valence-corrected chi connectivity index (χ1v) is 5.03. The summed E-state index contributed by atoms with van der Waals surface area (Å²) in [6, 6.07) is 6.13. The number of nitrogens with two attached hydrogens (primary N) is 1. The van der Waals surface area contributed by atoms with Crippen molar-refractivity contribution in [3.05, 3.63) is 42.8 Å². The highest BCUT2D eigenvalue weighted by Crippen LogP contribution is 2.11. The molecule has 0 aromatic heterocycles. The van der Waals surface area contributed by atoms with Gasteiger partial charge in [0.05, 0.1) is 0 Å². The van der Waals surface area contributed by atoms with Gasteiger partial charge < -0.3 is 21.3 Å². The molecular formula is C12H14N3O3. The summed E-state index contributed by atoms with van der Waals surface area (Å²) in [5.74, 6) is -1.19. The molecule has 1 radical (unpaired) electrons. The van der Waals surface area contributed by atoms with E-state index in [4.69, 9.17) is 16.2 Å². The minimum Gasteiger partial charge on any atom is -0.508 e. The molecule has 0 aliphatic rings. The van der Waals surface area contributed by atoms with Gasteiger partial charge in [-0.3, -0.25) is 10.2 Å². The van der Waals surface area contributed by atoms with Gasteiger partial charge in [0.1, 0.15) is 5.75 Å². The molecule has 1 aromatic rings. The quantitative estimate of drug-likeness (QED) is 0.222. The predicted octanol–water partition coefficient (Wildman–Crippen LogP) is -0.0197. The molecule has 95 valence electrons. The van der Waals surface area contributed by atoms with Crippen molar-refractivity contribution in [1.82, 2.24) is 5.32 Å². The third-order valence-electron chi connectivity index (χ3n) is 2.07. The van der Waals surface area contributed by atoms with Crippen LogP contribution in [0.3, 0.4) is 0 Å². The van der Waals surface area contributed by atoms with E-state index in [1.807, 2.05) is 5.32 Å². The number of rotatable bonds is 4. The van der Waals surface area contributed by atoms with Crippen LogP contribution < -0.4 is 11.1 Å². The number of benzene rings is 1. The summed E-state index contributed by atoms with van der Waals surface area (Å²) in [4.78, 5) is 11.6. The van der Waals surface area contributed by atoms with E-state index in [-0.39, 0.29) is 5.75 Å². The van der Waals surface area contributed by atoms with E-state index >= 15 is 0 Å². The van der Waals surface area contributed by atoms with Crippen molar-refractivity contribution in [2.75, 3.05) is 0 Å². The van der Waals surface area contributed by atoms with Gasteiger partial charge in [0.25, 0.3) is 0 Å². The zero-order chi connectivity index (χ0) is 13.8.